The van der Waals surface area contributed by atoms with Crippen LogP contribution in [-0.4, -0.2) is 22.8 Å². The SMILES string of the molecule is CCc1nn(CC)c(CNCC(F)F)c1Br. The number of nitrogens with zero attached hydrogens (tertiary/aromatic N) is 2. The Labute approximate surface area is 102 Å². The lowest BCUT2D eigenvalue weighted by molar-refractivity contribution is 0.145. The summed E-state index contributed by atoms with van der Waals surface area (Å²) in [5.41, 5.74) is 1.90. The summed E-state index contributed by atoms with van der Waals surface area (Å²) in [6.07, 6.45) is -1.49. The summed E-state index contributed by atoms with van der Waals surface area (Å²) in [4.78, 5) is 0. The molecule has 0 aromatic carbocycles. The van der Waals surface area contributed by atoms with Gasteiger partial charge in [-0.2, -0.15) is 5.10 Å². The normalized spacial score (nSPS) is 11.4. The van der Waals surface area contributed by atoms with E-state index in [4.69, 9.17) is 0 Å². The third-order valence-corrected chi connectivity index (χ3v) is 3.20. The van der Waals surface area contributed by atoms with Crippen LogP contribution in [0.4, 0.5) is 8.78 Å². The topological polar surface area (TPSA) is 29.9 Å². The Hall–Kier alpha value is -0.490. The highest BCUT2D eigenvalue weighted by Gasteiger charge is 2.13. The average molecular weight is 296 g/mol. The summed E-state index contributed by atoms with van der Waals surface area (Å²) in [6.45, 7) is 4.86. The molecule has 0 fully saturated rings. The molecule has 0 aliphatic carbocycles. The summed E-state index contributed by atoms with van der Waals surface area (Å²) in [7, 11) is 0. The van der Waals surface area contributed by atoms with Crippen LogP contribution in [0.5, 0.6) is 0 Å². The zero-order chi connectivity index (χ0) is 12.1. The molecule has 0 saturated heterocycles. The first-order valence-electron chi connectivity index (χ1n) is 5.33. The van der Waals surface area contributed by atoms with Crippen LogP contribution >= 0.6 is 15.9 Å². The highest BCUT2D eigenvalue weighted by molar-refractivity contribution is 9.10. The highest BCUT2D eigenvalue weighted by atomic mass is 79.9. The van der Waals surface area contributed by atoms with Crippen LogP contribution in [-0.2, 0) is 19.5 Å². The number of hydrogen-bond donors (Lipinski definition) is 1. The Kier molecular flexibility index (Phi) is 5.34. The van der Waals surface area contributed by atoms with Gasteiger partial charge in [0.2, 0.25) is 0 Å². The van der Waals surface area contributed by atoms with Crippen LogP contribution in [0.15, 0.2) is 4.47 Å². The first kappa shape index (κ1) is 13.6. The first-order valence-corrected chi connectivity index (χ1v) is 6.12. The van der Waals surface area contributed by atoms with E-state index in [1.165, 1.54) is 0 Å². The van der Waals surface area contributed by atoms with Crippen molar-refractivity contribution in [2.45, 2.75) is 39.8 Å². The van der Waals surface area contributed by atoms with Crippen molar-refractivity contribution in [1.29, 1.82) is 0 Å². The second kappa shape index (κ2) is 6.30. The van der Waals surface area contributed by atoms with Gasteiger partial charge in [-0.3, -0.25) is 4.68 Å². The molecule has 0 amide bonds. The molecule has 0 unspecified atom stereocenters. The van der Waals surface area contributed by atoms with Crippen LogP contribution in [0.25, 0.3) is 0 Å². The minimum Gasteiger partial charge on any atom is -0.306 e. The third-order valence-electron chi connectivity index (χ3n) is 2.29. The van der Waals surface area contributed by atoms with Crippen molar-refractivity contribution >= 4 is 15.9 Å². The van der Waals surface area contributed by atoms with Crippen molar-refractivity contribution in [3.63, 3.8) is 0 Å². The highest BCUT2D eigenvalue weighted by Crippen LogP contribution is 2.22. The van der Waals surface area contributed by atoms with E-state index in [0.29, 0.717) is 6.54 Å². The van der Waals surface area contributed by atoms with Crippen molar-refractivity contribution in [2.24, 2.45) is 0 Å². The summed E-state index contributed by atoms with van der Waals surface area (Å²) in [5, 5.41) is 7.10. The molecule has 16 heavy (non-hydrogen) atoms. The molecule has 0 bridgehead atoms. The molecule has 0 spiro atoms. The largest absolute Gasteiger partial charge is 0.306 e. The zero-order valence-corrected chi connectivity index (χ0v) is 11.0. The fourth-order valence-electron chi connectivity index (χ4n) is 1.49. The summed E-state index contributed by atoms with van der Waals surface area (Å²) < 4.78 is 26.8. The average Bonchev–Trinajstić information content (AvgIpc) is 2.55. The Morgan fingerprint density at radius 3 is 2.62 bits per heavy atom. The lowest BCUT2D eigenvalue weighted by Gasteiger charge is -2.06. The predicted molar refractivity (Wildman–Crippen MR) is 62.7 cm³/mol. The maximum Gasteiger partial charge on any atom is 0.250 e. The molecule has 1 rings (SSSR count). The van der Waals surface area contributed by atoms with Gasteiger partial charge < -0.3 is 5.32 Å². The van der Waals surface area contributed by atoms with E-state index in [2.05, 4.69) is 26.3 Å². The summed E-state index contributed by atoms with van der Waals surface area (Å²) in [5.74, 6) is 0. The first-order chi connectivity index (χ1) is 7.60. The standard InChI is InChI=1S/C10H16BrF2N3/c1-3-7-10(11)8(16(4-2)15-7)5-14-6-9(12)13/h9,14H,3-6H2,1-2H3. The van der Waals surface area contributed by atoms with Gasteiger partial charge in [-0.25, -0.2) is 8.78 Å². The molecule has 1 heterocycles. The van der Waals surface area contributed by atoms with Gasteiger partial charge >= 0.3 is 0 Å². The molecule has 0 radical (unpaired) electrons. The van der Waals surface area contributed by atoms with E-state index in [1.807, 2.05) is 18.5 Å². The van der Waals surface area contributed by atoms with Crippen molar-refractivity contribution in [3.05, 3.63) is 15.9 Å². The Morgan fingerprint density at radius 1 is 1.44 bits per heavy atom. The van der Waals surface area contributed by atoms with Gasteiger partial charge in [0.15, 0.2) is 0 Å². The van der Waals surface area contributed by atoms with Gasteiger partial charge in [-0.15, -0.1) is 0 Å². The maximum atomic E-state index is 12.0. The quantitative estimate of drug-likeness (QED) is 0.874. The van der Waals surface area contributed by atoms with E-state index in [9.17, 15) is 8.78 Å². The van der Waals surface area contributed by atoms with E-state index in [1.54, 1.807) is 0 Å². The number of rotatable bonds is 6. The number of alkyl halides is 2. The molecule has 1 aromatic heterocycles. The Balaban J connectivity index is 2.73. The minimum absolute atomic E-state index is 0.289. The van der Waals surface area contributed by atoms with Gasteiger partial charge in [0.25, 0.3) is 6.43 Å². The second-order valence-corrected chi connectivity index (χ2v) is 4.19. The number of hydrogen-bond acceptors (Lipinski definition) is 2. The Bertz CT molecular complexity index is 339. The fourth-order valence-corrected chi connectivity index (χ4v) is 2.19. The minimum atomic E-state index is -2.32. The Morgan fingerprint density at radius 2 is 2.12 bits per heavy atom. The smallest absolute Gasteiger partial charge is 0.250 e. The van der Waals surface area contributed by atoms with E-state index in [0.717, 1.165) is 28.8 Å². The van der Waals surface area contributed by atoms with E-state index in [-0.39, 0.29) is 6.54 Å². The van der Waals surface area contributed by atoms with E-state index >= 15 is 0 Å². The summed E-state index contributed by atoms with van der Waals surface area (Å²) in [6, 6.07) is 0. The van der Waals surface area contributed by atoms with E-state index < -0.39 is 6.43 Å². The molecule has 1 aromatic rings. The molecule has 1 N–H and O–H groups in total. The van der Waals surface area contributed by atoms with Gasteiger partial charge in [0.05, 0.1) is 22.4 Å². The molecule has 3 nitrogen and oxygen atoms in total. The van der Waals surface area contributed by atoms with Gasteiger partial charge in [0, 0.05) is 13.1 Å². The molecule has 0 atom stereocenters. The van der Waals surface area contributed by atoms with Crippen LogP contribution < -0.4 is 5.32 Å². The zero-order valence-electron chi connectivity index (χ0n) is 9.43. The molecule has 0 aliphatic heterocycles. The fraction of sp³-hybridized carbons (Fsp3) is 0.700. The second-order valence-electron chi connectivity index (χ2n) is 3.40. The lowest BCUT2D eigenvalue weighted by atomic mass is 10.3. The van der Waals surface area contributed by atoms with Crippen LogP contribution in [0.1, 0.15) is 25.2 Å². The van der Waals surface area contributed by atoms with Crippen molar-refractivity contribution in [1.82, 2.24) is 15.1 Å². The van der Waals surface area contributed by atoms with Crippen molar-refractivity contribution in [2.75, 3.05) is 6.54 Å². The molecule has 6 heteroatoms. The van der Waals surface area contributed by atoms with Crippen LogP contribution in [0.2, 0.25) is 0 Å². The number of nitrogens with one attached hydrogen (secondary N) is 1. The predicted octanol–water partition coefficient (Wildman–Crippen LogP) is 2.58. The molecular formula is C10H16BrF2N3. The van der Waals surface area contributed by atoms with Crippen LogP contribution in [0, 0.1) is 0 Å². The maximum absolute atomic E-state index is 12.0. The third kappa shape index (κ3) is 3.25. The van der Waals surface area contributed by atoms with Crippen molar-refractivity contribution in [3.8, 4) is 0 Å². The number of halogens is 3. The molecule has 0 saturated carbocycles. The van der Waals surface area contributed by atoms with Crippen molar-refractivity contribution < 1.29 is 8.78 Å². The summed E-state index contributed by atoms with van der Waals surface area (Å²) >= 11 is 3.46. The van der Waals surface area contributed by atoms with Gasteiger partial charge in [-0.05, 0) is 29.3 Å². The van der Waals surface area contributed by atoms with Gasteiger partial charge in [-0.1, -0.05) is 6.92 Å². The number of aryl methyl sites for hydroxylation is 2. The van der Waals surface area contributed by atoms with Crippen LogP contribution in [0.3, 0.4) is 0 Å². The molecular weight excluding hydrogens is 280 g/mol. The number of aromatic nitrogens is 2. The van der Waals surface area contributed by atoms with Gasteiger partial charge in [0.1, 0.15) is 0 Å². The molecule has 92 valence electrons. The lowest BCUT2D eigenvalue weighted by Crippen LogP contribution is -2.22. The monoisotopic (exact) mass is 295 g/mol. The molecule has 0 aliphatic rings.